The Bertz CT molecular complexity index is 2700. The van der Waals surface area contributed by atoms with Gasteiger partial charge < -0.3 is 0 Å². The first-order chi connectivity index (χ1) is 24.6. The summed E-state index contributed by atoms with van der Waals surface area (Å²) >= 11 is 1.94. The first-order valence-corrected chi connectivity index (χ1v) is 18.2. The van der Waals surface area contributed by atoms with Gasteiger partial charge in [-0.15, -0.1) is 11.3 Å². The minimum absolute atomic E-state index is 0.0778. The van der Waals surface area contributed by atoms with Crippen LogP contribution in [0.2, 0.25) is 0 Å². The Morgan fingerprint density at radius 1 is 0.380 bits per heavy atom. The molecular formula is C49H34S. The van der Waals surface area contributed by atoms with E-state index in [9.17, 15) is 0 Å². The van der Waals surface area contributed by atoms with E-state index in [1.165, 1.54) is 97.7 Å². The van der Waals surface area contributed by atoms with Crippen LogP contribution in [0.15, 0.2) is 170 Å². The molecule has 0 aliphatic heterocycles. The van der Waals surface area contributed by atoms with Crippen molar-refractivity contribution in [3.63, 3.8) is 0 Å². The molecule has 1 aromatic heterocycles. The van der Waals surface area contributed by atoms with Gasteiger partial charge in [-0.1, -0.05) is 166 Å². The van der Waals surface area contributed by atoms with Crippen LogP contribution in [-0.2, 0) is 5.41 Å². The summed E-state index contributed by atoms with van der Waals surface area (Å²) in [6.07, 6.45) is 0. The fourth-order valence-corrected chi connectivity index (χ4v) is 9.90. The van der Waals surface area contributed by atoms with Gasteiger partial charge in [-0.05, 0) is 106 Å². The number of fused-ring (bicyclic) bond motifs is 7. The van der Waals surface area contributed by atoms with E-state index in [-0.39, 0.29) is 5.41 Å². The van der Waals surface area contributed by atoms with E-state index < -0.39 is 0 Å². The summed E-state index contributed by atoms with van der Waals surface area (Å²) in [4.78, 5) is 1.43. The quantitative estimate of drug-likeness (QED) is 0.166. The monoisotopic (exact) mass is 654 g/mol. The molecule has 0 fully saturated rings. The first-order valence-electron chi connectivity index (χ1n) is 17.4. The Morgan fingerprint density at radius 3 is 1.48 bits per heavy atom. The molecule has 1 aliphatic rings. The Hall–Kier alpha value is -5.76. The van der Waals surface area contributed by atoms with E-state index in [4.69, 9.17) is 0 Å². The molecule has 236 valence electrons. The van der Waals surface area contributed by atoms with Crippen molar-refractivity contribution in [2.75, 3.05) is 0 Å². The molecule has 50 heavy (non-hydrogen) atoms. The molecule has 0 amide bonds. The maximum Gasteiger partial charge on any atom is 0.0399 e. The molecule has 0 atom stereocenters. The highest BCUT2D eigenvalue weighted by atomic mass is 32.1. The van der Waals surface area contributed by atoms with Gasteiger partial charge in [-0.3, -0.25) is 0 Å². The van der Waals surface area contributed by atoms with Gasteiger partial charge in [0, 0.05) is 15.0 Å². The standard InChI is InChI=1S/C49H34S/c1-49(2)43-30-36(27-28-41(43)48-47(49)42-21-10-11-22-44(42)50-48)46-39-19-8-6-17-37(39)45(38-18-7-9-20-40(38)46)35-16-12-15-34(29-35)33-25-23-32(24-26-33)31-13-4-3-5-14-31/h3-30H,1-2H3. The minimum atomic E-state index is -0.0778. The van der Waals surface area contributed by atoms with Crippen LogP contribution < -0.4 is 0 Å². The molecule has 0 unspecified atom stereocenters. The largest absolute Gasteiger partial charge is 0.135 e. The average Bonchev–Trinajstić information content (AvgIpc) is 3.67. The molecule has 8 aromatic carbocycles. The van der Waals surface area contributed by atoms with Gasteiger partial charge in [-0.25, -0.2) is 0 Å². The highest BCUT2D eigenvalue weighted by Crippen LogP contribution is 2.56. The number of hydrogen-bond acceptors (Lipinski definition) is 1. The third kappa shape index (κ3) is 4.37. The lowest BCUT2D eigenvalue weighted by Crippen LogP contribution is -2.15. The summed E-state index contributed by atoms with van der Waals surface area (Å²) in [5.41, 5.74) is 14.2. The highest BCUT2D eigenvalue weighted by Gasteiger charge is 2.39. The van der Waals surface area contributed by atoms with Gasteiger partial charge in [0.1, 0.15) is 0 Å². The fraction of sp³-hybridized carbons (Fsp3) is 0.0612. The highest BCUT2D eigenvalue weighted by molar-refractivity contribution is 7.22. The Morgan fingerprint density at radius 2 is 0.840 bits per heavy atom. The SMILES string of the molecule is CC1(C)c2cc(-c3c4ccccc4c(-c4cccc(-c5ccc(-c6ccccc6)cc5)c4)c4ccccc34)ccc2-c2sc3ccccc3c21. The molecule has 10 rings (SSSR count). The van der Waals surface area contributed by atoms with E-state index in [0.717, 1.165) is 0 Å². The van der Waals surface area contributed by atoms with Gasteiger partial charge in [0.15, 0.2) is 0 Å². The maximum absolute atomic E-state index is 2.49. The summed E-state index contributed by atoms with van der Waals surface area (Å²) in [5.74, 6) is 0. The Labute approximate surface area is 296 Å². The van der Waals surface area contributed by atoms with Gasteiger partial charge in [-0.2, -0.15) is 0 Å². The van der Waals surface area contributed by atoms with Gasteiger partial charge >= 0.3 is 0 Å². The van der Waals surface area contributed by atoms with Crippen LogP contribution in [0, 0.1) is 0 Å². The van der Waals surface area contributed by atoms with Crippen LogP contribution in [-0.4, -0.2) is 0 Å². The number of hydrogen-bond donors (Lipinski definition) is 0. The van der Waals surface area contributed by atoms with Crippen molar-refractivity contribution in [2.45, 2.75) is 19.3 Å². The first kappa shape index (κ1) is 29.2. The average molecular weight is 655 g/mol. The van der Waals surface area contributed by atoms with E-state index >= 15 is 0 Å². The molecule has 1 aliphatic carbocycles. The molecule has 1 heteroatoms. The number of thiophene rings is 1. The van der Waals surface area contributed by atoms with Crippen LogP contribution in [0.5, 0.6) is 0 Å². The van der Waals surface area contributed by atoms with E-state index in [0.29, 0.717) is 0 Å². The van der Waals surface area contributed by atoms with Crippen molar-refractivity contribution in [3.05, 3.63) is 181 Å². The van der Waals surface area contributed by atoms with Crippen molar-refractivity contribution in [3.8, 4) is 54.9 Å². The number of benzene rings is 8. The Balaban J connectivity index is 1.14. The van der Waals surface area contributed by atoms with Crippen LogP contribution in [0.1, 0.15) is 25.0 Å². The molecule has 0 bridgehead atoms. The summed E-state index contributed by atoms with van der Waals surface area (Å²) in [6.45, 7) is 4.81. The zero-order valence-corrected chi connectivity index (χ0v) is 28.9. The molecule has 0 saturated heterocycles. The van der Waals surface area contributed by atoms with Crippen LogP contribution in [0.4, 0.5) is 0 Å². The van der Waals surface area contributed by atoms with Crippen molar-refractivity contribution >= 4 is 43.0 Å². The molecular weight excluding hydrogens is 621 g/mol. The molecule has 0 N–H and O–H groups in total. The third-order valence-corrected chi connectivity index (χ3v) is 12.1. The normalized spacial score (nSPS) is 13.2. The lowest BCUT2D eigenvalue weighted by atomic mass is 9.79. The number of rotatable bonds is 4. The third-order valence-electron chi connectivity index (χ3n) is 10.9. The predicted octanol–water partition coefficient (Wildman–Crippen LogP) is 14.2. The minimum Gasteiger partial charge on any atom is -0.135 e. The van der Waals surface area contributed by atoms with Gasteiger partial charge in [0.2, 0.25) is 0 Å². The van der Waals surface area contributed by atoms with Crippen molar-refractivity contribution in [1.82, 2.24) is 0 Å². The van der Waals surface area contributed by atoms with Crippen molar-refractivity contribution in [1.29, 1.82) is 0 Å². The molecule has 1 heterocycles. The molecule has 0 spiro atoms. The second-order valence-electron chi connectivity index (χ2n) is 14.1. The molecule has 0 radical (unpaired) electrons. The van der Waals surface area contributed by atoms with Crippen molar-refractivity contribution in [2.24, 2.45) is 0 Å². The predicted molar refractivity (Wildman–Crippen MR) is 216 cm³/mol. The molecule has 0 nitrogen and oxygen atoms in total. The van der Waals surface area contributed by atoms with Crippen LogP contribution in [0.3, 0.4) is 0 Å². The lowest BCUT2D eigenvalue weighted by Gasteiger charge is -2.23. The Kier molecular flexibility index (Phi) is 6.50. The summed E-state index contributed by atoms with van der Waals surface area (Å²) in [6, 6.07) is 62.8. The van der Waals surface area contributed by atoms with Crippen molar-refractivity contribution < 1.29 is 0 Å². The summed E-state index contributed by atoms with van der Waals surface area (Å²) in [5, 5.41) is 6.53. The van der Waals surface area contributed by atoms with E-state index in [2.05, 4.69) is 184 Å². The lowest BCUT2D eigenvalue weighted by molar-refractivity contribution is 0.667. The maximum atomic E-state index is 2.49. The second kappa shape index (κ2) is 11.1. The molecule has 9 aromatic rings. The fourth-order valence-electron chi connectivity index (χ4n) is 8.50. The van der Waals surface area contributed by atoms with Gasteiger partial charge in [0.05, 0.1) is 0 Å². The zero-order valence-electron chi connectivity index (χ0n) is 28.1. The second-order valence-corrected chi connectivity index (χ2v) is 15.1. The van der Waals surface area contributed by atoms with Crippen LogP contribution in [0.25, 0.3) is 86.6 Å². The van der Waals surface area contributed by atoms with E-state index in [1.54, 1.807) is 0 Å². The summed E-state index contributed by atoms with van der Waals surface area (Å²) in [7, 11) is 0. The van der Waals surface area contributed by atoms with E-state index in [1.807, 2.05) is 11.3 Å². The zero-order chi connectivity index (χ0) is 33.4. The van der Waals surface area contributed by atoms with Gasteiger partial charge in [0.25, 0.3) is 0 Å². The summed E-state index contributed by atoms with van der Waals surface area (Å²) < 4.78 is 1.38. The topological polar surface area (TPSA) is 0 Å². The van der Waals surface area contributed by atoms with Crippen LogP contribution >= 0.6 is 11.3 Å². The smallest absolute Gasteiger partial charge is 0.0399 e. The molecule has 0 saturated carbocycles.